The van der Waals surface area contributed by atoms with Gasteiger partial charge in [-0.1, -0.05) is 41.1 Å². The lowest BCUT2D eigenvalue weighted by molar-refractivity contribution is 0.573. The number of pyridine rings is 1. The average molecular weight is 331 g/mol. The Morgan fingerprint density at radius 1 is 1.23 bits per heavy atom. The van der Waals surface area contributed by atoms with Gasteiger partial charge in [0.15, 0.2) is 0 Å². The molecule has 0 bridgehead atoms. The Morgan fingerprint density at radius 2 is 2.09 bits per heavy atom. The van der Waals surface area contributed by atoms with Crippen molar-refractivity contribution in [3.8, 4) is 11.5 Å². The van der Waals surface area contributed by atoms with E-state index < -0.39 is 0 Å². The van der Waals surface area contributed by atoms with Crippen LogP contribution in [0, 0.1) is 13.8 Å². The quantitative estimate of drug-likeness (QED) is 0.608. The van der Waals surface area contributed by atoms with Crippen LogP contribution in [-0.2, 0) is 5.75 Å². The van der Waals surface area contributed by atoms with E-state index in [0.717, 1.165) is 21.8 Å². The molecule has 0 saturated heterocycles. The van der Waals surface area contributed by atoms with Crippen LogP contribution in [0.4, 0.5) is 0 Å². The largest absolute Gasteiger partial charge is 0.444 e. The Morgan fingerprint density at radius 3 is 2.86 bits per heavy atom. The maximum absolute atomic E-state index is 6.10. The second-order valence-corrected chi connectivity index (χ2v) is 6.41. The summed E-state index contributed by atoms with van der Waals surface area (Å²) >= 11 is 7.65. The second kappa shape index (κ2) is 6.55. The summed E-state index contributed by atoms with van der Waals surface area (Å²) in [6.07, 6.45) is 3.43. The standard InChI is InChI=1S/C17H15ClN2OS/c1-11-5-6-14(12(2)8-11)16-20-13(9-21-16)10-22-17-15(18)4-3-7-19-17/h3-9H,10H2,1-2H3. The molecule has 112 valence electrons. The van der Waals surface area contributed by atoms with Crippen LogP contribution in [-0.4, -0.2) is 9.97 Å². The molecule has 5 heteroatoms. The third-order valence-electron chi connectivity index (χ3n) is 3.25. The van der Waals surface area contributed by atoms with Crippen molar-refractivity contribution in [2.75, 3.05) is 0 Å². The van der Waals surface area contributed by atoms with Crippen LogP contribution >= 0.6 is 23.4 Å². The van der Waals surface area contributed by atoms with Gasteiger partial charge in [0.25, 0.3) is 0 Å². The first-order valence-corrected chi connectivity index (χ1v) is 8.25. The van der Waals surface area contributed by atoms with Gasteiger partial charge in [0, 0.05) is 17.5 Å². The van der Waals surface area contributed by atoms with Crippen LogP contribution in [0.25, 0.3) is 11.5 Å². The van der Waals surface area contributed by atoms with E-state index in [9.17, 15) is 0 Å². The van der Waals surface area contributed by atoms with Gasteiger partial charge in [0.1, 0.15) is 11.3 Å². The topological polar surface area (TPSA) is 38.9 Å². The minimum atomic E-state index is 0.653. The molecule has 0 radical (unpaired) electrons. The van der Waals surface area contributed by atoms with Gasteiger partial charge in [0.2, 0.25) is 5.89 Å². The fourth-order valence-electron chi connectivity index (χ4n) is 2.17. The predicted molar refractivity (Wildman–Crippen MR) is 90.2 cm³/mol. The number of hydrogen-bond donors (Lipinski definition) is 0. The monoisotopic (exact) mass is 330 g/mol. The molecule has 3 nitrogen and oxygen atoms in total. The van der Waals surface area contributed by atoms with Crippen molar-refractivity contribution in [2.24, 2.45) is 0 Å². The third kappa shape index (κ3) is 3.34. The van der Waals surface area contributed by atoms with Gasteiger partial charge in [-0.25, -0.2) is 9.97 Å². The lowest BCUT2D eigenvalue weighted by Crippen LogP contribution is -1.87. The molecule has 0 aliphatic carbocycles. The highest BCUT2D eigenvalue weighted by Crippen LogP contribution is 2.29. The first kappa shape index (κ1) is 15.1. The molecule has 2 heterocycles. The van der Waals surface area contributed by atoms with E-state index in [0.29, 0.717) is 16.7 Å². The van der Waals surface area contributed by atoms with E-state index in [4.69, 9.17) is 16.0 Å². The van der Waals surface area contributed by atoms with Crippen molar-refractivity contribution in [3.05, 3.63) is 64.6 Å². The number of benzene rings is 1. The molecule has 0 aliphatic rings. The number of rotatable bonds is 4. The van der Waals surface area contributed by atoms with Crippen molar-refractivity contribution in [1.29, 1.82) is 0 Å². The highest BCUT2D eigenvalue weighted by Gasteiger charge is 2.10. The molecule has 1 aromatic carbocycles. The molecule has 0 aliphatic heterocycles. The smallest absolute Gasteiger partial charge is 0.226 e. The Labute approximate surface area is 138 Å². The second-order valence-electron chi connectivity index (χ2n) is 5.04. The van der Waals surface area contributed by atoms with E-state index in [1.807, 2.05) is 18.2 Å². The number of thioether (sulfide) groups is 1. The number of oxazole rings is 1. The van der Waals surface area contributed by atoms with Crippen molar-refractivity contribution in [3.63, 3.8) is 0 Å². The Kier molecular flexibility index (Phi) is 4.50. The van der Waals surface area contributed by atoms with Gasteiger partial charge >= 0.3 is 0 Å². The molecule has 22 heavy (non-hydrogen) atoms. The molecule has 0 N–H and O–H groups in total. The van der Waals surface area contributed by atoms with E-state index in [1.54, 1.807) is 24.2 Å². The summed E-state index contributed by atoms with van der Waals surface area (Å²) in [6, 6.07) is 9.89. The van der Waals surface area contributed by atoms with Crippen molar-refractivity contribution in [2.45, 2.75) is 24.6 Å². The number of halogens is 1. The molecule has 0 amide bonds. The summed E-state index contributed by atoms with van der Waals surface area (Å²) in [5.74, 6) is 1.32. The molecule has 0 spiro atoms. The average Bonchev–Trinajstić information content (AvgIpc) is 2.95. The maximum atomic E-state index is 6.10. The van der Waals surface area contributed by atoms with Crippen molar-refractivity contribution < 1.29 is 4.42 Å². The lowest BCUT2D eigenvalue weighted by Gasteiger charge is -2.02. The summed E-state index contributed by atoms with van der Waals surface area (Å²) in [5.41, 5.74) is 4.29. The van der Waals surface area contributed by atoms with E-state index in [-0.39, 0.29) is 0 Å². The maximum Gasteiger partial charge on any atom is 0.226 e. The zero-order chi connectivity index (χ0) is 15.5. The normalized spacial score (nSPS) is 10.9. The Hall–Kier alpha value is -1.78. The first-order chi connectivity index (χ1) is 10.6. The fraction of sp³-hybridized carbons (Fsp3) is 0.176. The molecule has 2 aromatic heterocycles. The number of aryl methyl sites for hydroxylation is 2. The number of hydrogen-bond acceptors (Lipinski definition) is 4. The summed E-state index contributed by atoms with van der Waals surface area (Å²) in [6.45, 7) is 4.14. The first-order valence-electron chi connectivity index (χ1n) is 6.89. The summed E-state index contributed by atoms with van der Waals surface area (Å²) in [5, 5.41) is 1.46. The van der Waals surface area contributed by atoms with Gasteiger partial charge in [-0.2, -0.15) is 0 Å². The lowest BCUT2D eigenvalue weighted by atomic mass is 10.1. The van der Waals surface area contributed by atoms with Crippen LogP contribution in [0.15, 0.2) is 52.2 Å². The zero-order valence-electron chi connectivity index (χ0n) is 12.3. The van der Waals surface area contributed by atoms with Crippen LogP contribution in [0.2, 0.25) is 5.02 Å². The van der Waals surface area contributed by atoms with E-state index in [2.05, 4.69) is 35.9 Å². The highest BCUT2D eigenvalue weighted by molar-refractivity contribution is 7.98. The molecular formula is C17H15ClN2OS. The molecule has 3 aromatic rings. The van der Waals surface area contributed by atoms with Crippen LogP contribution in [0.5, 0.6) is 0 Å². The fourth-order valence-corrected chi connectivity index (χ4v) is 3.21. The SMILES string of the molecule is Cc1ccc(-c2nc(CSc3ncccc3Cl)co2)c(C)c1. The number of nitrogens with zero attached hydrogens (tertiary/aromatic N) is 2. The minimum Gasteiger partial charge on any atom is -0.444 e. The molecule has 0 atom stereocenters. The highest BCUT2D eigenvalue weighted by atomic mass is 35.5. The third-order valence-corrected chi connectivity index (χ3v) is 4.70. The van der Waals surface area contributed by atoms with Crippen molar-refractivity contribution >= 4 is 23.4 Å². The molecule has 0 saturated carbocycles. The van der Waals surface area contributed by atoms with Crippen LogP contribution < -0.4 is 0 Å². The van der Waals surface area contributed by atoms with E-state index >= 15 is 0 Å². The van der Waals surface area contributed by atoms with Crippen LogP contribution in [0.1, 0.15) is 16.8 Å². The molecule has 0 fully saturated rings. The Balaban J connectivity index is 1.75. The summed E-state index contributed by atoms with van der Waals surface area (Å²) in [4.78, 5) is 8.81. The minimum absolute atomic E-state index is 0.653. The van der Waals surface area contributed by atoms with Gasteiger partial charge in [-0.15, -0.1) is 0 Å². The molecule has 3 rings (SSSR count). The van der Waals surface area contributed by atoms with Gasteiger partial charge in [-0.05, 0) is 37.6 Å². The van der Waals surface area contributed by atoms with Gasteiger partial charge < -0.3 is 4.42 Å². The van der Waals surface area contributed by atoms with E-state index in [1.165, 1.54) is 5.56 Å². The Bertz CT molecular complexity index is 801. The van der Waals surface area contributed by atoms with Crippen LogP contribution in [0.3, 0.4) is 0 Å². The van der Waals surface area contributed by atoms with Crippen molar-refractivity contribution in [1.82, 2.24) is 9.97 Å². The zero-order valence-corrected chi connectivity index (χ0v) is 13.9. The summed E-state index contributed by atoms with van der Waals surface area (Å²) in [7, 11) is 0. The van der Waals surface area contributed by atoms with Gasteiger partial charge in [0.05, 0.1) is 10.7 Å². The predicted octanol–water partition coefficient (Wildman–Crippen LogP) is 5.30. The molecule has 0 unspecified atom stereocenters. The number of aromatic nitrogens is 2. The summed E-state index contributed by atoms with van der Waals surface area (Å²) < 4.78 is 5.61. The molecular weight excluding hydrogens is 316 g/mol. The van der Waals surface area contributed by atoms with Gasteiger partial charge in [-0.3, -0.25) is 0 Å².